The lowest BCUT2D eigenvalue weighted by Gasteiger charge is -2.41. The van der Waals surface area contributed by atoms with Gasteiger partial charge in [0.15, 0.2) is 17.3 Å². The third-order valence-electron chi connectivity index (χ3n) is 5.29. The Morgan fingerprint density at radius 2 is 1.93 bits per heavy atom. The molecule has 2 aliphatic heterocycles. The van der Waals surface area contributed by atoms with E-state index in [1.807, 2.05) is 36.4 Å². The van der Waals surface area contributed by atoms with E-state index >= 15 is 0 Å². The van der Waals surface area contributed by atoms with E-state index in [9.17, 15) is 4.79 Å². The molecule has 29 heavy (non-hydrogen) atoms. The van der Waals surface area contributed by atoms with E-state index in [-0.39, 0.29) is 19.2 Å². The van der Waals surface area contributed by atoms with Crippen molar-refractivity contribution in [2.45, 2.75) is 13.0 Å². The van der Waals surface area contributed by atoms with Gasteiger partial charge < -0.3 is 24.6 Å². The summed E-state index contributed by atoms with van der Waals surface area (Å²) >= 11 is 0. The summed E-state index contributed by atoms with van der Waals surface area (Å²) in [5.74, 6) is 2.13. The van der Waals surface area contributed by atoms with Gasteiger partial charge in [0.1, 0.15) is 0 Å². The van der Waals surface area contributed by atoms with Crippen molar-refractivity contribution in [3.8, 4) is 23.0 Å². The van der Waals surface area contributed by atoms with E-state index in [2.05, 4.69) is 20.8 Å². The maximum absolute atomic E-state index is 12.9. The van der Waals surface area contributed by atoms with E-state index < -0.39 is 5.41 Å². The average Bonchev–Trinajstić information content (AvgIpc) is 3.38. The van der Waals surface area contributed by atoms with Crippen molar-refractivity contribution in [2.75, 3.05) is 19.9 Å². The standard InChI is InChI=1S/C21H20N4O4/c26-20(21(11-22-12-21)9-14-4-2-1-3-5-14)23-10-18-24-19(29-25-18)15-6-7-16-17(8-15)28-13-27-16/h1-8,22H,9-13H2,(H,23,26). The molecule has 8 nitrogen and oxygen atoms in total. The topological polar surface area (TPSA) is 98.5 Å². The number of aromatic nitrogens is 2. The van der Waals surface area contributed by atoms with Crippen LogP contribution in [0.5, 0.6) is 11.5 Å². The molecule has 0 unspecified atom stereocenters. The highest BCUT2D eigenvalue weighted by atomic mass is 16.7. The van der Waals surface area contributed by atoms with Gasteiger partial charge in [-0.3, -0.25) is 4.79 Å². The Morgan fingerprint density at radius 3 is 2.72 bits per heavy atom. The molecule has 0 bridgehead atoms. The number of rotatable bonds is 6. The van der Waals surface area contributed by atoms with Crippen molar-refractivity contribution >= 4 is 5.91 Å². The van der Waals surface area contributed by atoms with Gasteiger partial charge in [0.05, 0.1) is 12.0 Å². The van der Waals surface area contributed by atoms with Crippen molar-refractivity contribution in [3.05, 3.63) is 59.9 Å². The number of hydrogen-bond donors (Lipinski definition) is 2. The molecular weight excluding hydrogens is 372 g/mol. The zero-order chi connectivity index (χ0) is 19.7. The zero-order valence-corrected chi connectivity index (χ0v) is 15.7. The molecule has 148 valence electrons. The Bertz CT molecular complexity index is 1030. The van der Waals surface area contributed by atoms with Gasteiger partial charge in [-0.05, 0) is 30.2 Å². The van der Waals surface area contributed by atoms with Crippen molar-refractivity contribution in [2.24, 2.45) is 5.41 Å². The second-order valence-corrected chi connectivity index (χ2v) is 7.31. The molecule has 3 aromatic rings. The monoisotopic (exact) mass is 392 g/mol. The van der Waals surface area contributed by atoms with Gasteiger partial charge in [-0.1, -0.05) is 35.5 Å². The normalized spacial score (nSPS) is 16.3. The van der Waals surface area contributed by atoms with Crippen LogP contribution in [0.15, 0.2) is 53.1 Å². The van der Waals surface area contributed by atoms with Crippen molar-refractivity contribution in [1.29, 1.82) is 0 Å². The Morgan fingerprint density at radius 1 is 1.10 bits per heavy atom. The van der Waals surface area contributed by atoms with E-state index in [4.69, 9.17) is 14.0 Å². The Labute approximate surface area is 167 Å². The summed E-state index contributed by atoms with van der Waals surface area (Å²) in [5, 5.41) is 10.2. The second-order valence-electron chi connectivity index (χ2n) is 7.31. The molecule has 2 aromatic carbocycles. The number of benzene rings is 2. The number of amides is 1. The fourth-order valence-corrected chi connectivity index (χ4v) is 3.60. The van der Waals surface area contributed by atoms with Gasteiger partial charge in [0.25, 0.3) is 5.89 Å². The highest BCUT2D eigenvalue weighted by molar-refractivity contribution is 5.84. The maximum atomic E-state index is 12.9. The molecule has 2 N–H and O–H groups in total. The SMILES string of the molecule is O=C(NCc1noc(-c2ccc3c(c2)OCO3)n1)C1(Cc2ccccc2)CNC1. The van der Waals surface area contributed by atoms with Crippen LogP contribution >= 0.6 is 0 Å². The third-order valence-corrected chi connectivity index (χ3v) is 5.29. The Hall–Kier alpha value is -3.39. The van der Waals surface area contributed by atoms with E-state index in [0.717, 1.165) is 11.1 Å². The summed E-state index contributed by atoms with van der Waals surface area (Å²) in [4.78, 5) is 17.2. The molecule has 0 saturated carbocycles. The van der Waals surface area contributed by atoms with Crippen molar-refractivity contribution in [3.63, 3.8) is 0 Å². The fourth-order valence-electron chi connectivity index (χ4n) is 3.60. The molecule has 0 spiro atoms. The lowest BCUT2D eigenvalue weighted by molar-refractivity contribution is -0.134. The largest absolute Gasteiger partial charge is 0.454 e. The van der Waals surface area contributed by atoms with Crippen LogP contribution in [0.1, 0.15) is 11.4 Å². The summed E-state index contributed by atoms with van der Waals surface area (Å²) in [5.41, 5.74) is 1.45. The van der Waals surface area contributed by atoms with Gasteiger partial charge in [0.2, 0.25) is 12.7 Å². The van der Waals surface area contributed by atoms with Gasteiger partial charge in [0, 0.05) is 18.7 Å². The molecule has 1 fully saturated rings. The minimum atomic E-state index is -0.439. The number of nitrogens with one attached hydrogen (secondary N) is 2. The minimum absolute atomic E-state index is 0.00506. The lowest BCUT2D eigenvalue weighted by atomic mass is 9.75. The predicted octanol–water partition coefficient (Wildman–Crippen LogP) is 1.91. The number of carbonyl (C=O) groups excluding carboxylic acids is 1. The summed E-state index contributed by atoms with van der Waals surface area (Å²) in [6.07, 6.45) is 0.696. The molecule has 8 heteroatoms. The van der Waals surface area contributed by atoms with Gasteiger partial charge in [-0.25, -0.2) is 0 Å². The molecule has 0 aliphatic carbocycles. The van der Waals surface area contributed by atoms with Crippen LogP contribution in [-0.2, 0) is 17.8 Å². The quantitative estimate of drug-likeness (QED) is 0.661. The number of fused-ring (bicyclic) bond motifs is 1. The summed E-state index contributed by atoms with van der Waals surface area (Å²) in [7, 11) is 0. The molecule has 3 heterocycles. The molecular formula is C21H20N4O4. The van der Waals surface area contributed by atoms with Crippen LogP contribution in [0.3, 0.4) is 0 Å². The smallest absolute Gasteiger partial charge is 0.258 e. The van der Waals surface area contributed by atoms with Crippen LogP contribution in [0.2, 0.25) is 0 Å². The number of carbonyl (C=O) groups is 1. The third kappa shape index (κ3) is 3.42. The zero-order valence-electron chi connectivity index (χ0n) is 15.7. The highest BCUT2D eigenvalue weighted by Crippen LogP contribution is 2.35. The number of hydrogen-bond acceptors (Lipinski definition) is 7. The molecule has 0 atom stereocenters. The van der Waals surface area contributed by atoms with Gasteiger partial charge in [-0.2, -0.15) is 4.98 Å². The van der Waals surface area contributed by atoms with Crippen LogP contribution in [-0.4, -0.2) is 35.9 Å². The molecule has 1 aromatic heterocycles. The number of nitrogens with zero attached hydrogens (tertiary/aromatic N) is 2. The minimum Gasteiger partial charge on any atom is -0.454 e. The molecule has 5 rings (SSSR count). The van der Waals surface area contributed by atoms with E-state index in [1.165, 1.54) is 0 Å². The first-order chi connectivity index (χ1) is 14.2. The summed E-state index contributed by atoms with van der Waals surface area (Å²) in [6.45, 7) is 1.73. The first kappa shape index (κ1) is 17.7. The molecule has 1 saturated heterocycles. The average molecular weight is 392 g/mol. The first-order valence-electron chi connectivity index (χ1n) is 9.47. The van der Waals surface area contributed by atoms with Crippen molar-refractivity contribution in [1.82, 2.24) is 20.8 Å². The van der Waals surface area contributed by atoms with E-state index in [0.29, 0.717) is 42.7 Å². The second kappa shape index (κ2) is 7.21. The summed E-state index contributed by atoms with van der Waals surface area (Å²) in [6, 6.07) is 15.5. The molecule has 2 aliphatic rings. The highest BCUT2D eigenvalue weighted by Gasteiger charge is 2.44. The Kier molecular flexibility index (Phi) is 4.40. The first-order valence-corrected chi connectivity index (χ1v) is 9.47. The number of ether oxygens (including phenoxy) is 2. The maximum Gasteiger partial charge on any atom is 0.258 e. The fraction of sp³-hybridized carbons (Fsp3) is 0.286. The van der Waals surface area contributed by atoms with Gasteiger partial charge >= 0.3 is 0 Å². The van der Waals surface area contributed by atoms with Crippen molar-refractivity contribution < 1.29 is 18.8 Å². The van der Waals surface area contributed by atoms with Gasteiger partial charge in [-0.15, -0.1) is 0 Å². The summed E-state index contributed by atoms with van der Waals surface area (Å²) < 4.78 is 16.0. The predicted molar refractivity (Wildman–Crippen MR) is 103 cm³/mol. The molecule has 0 radical (unpaired) electrons. The van der Waals surface area contributed by atoms with Crippen LogP contribution in [0.4, 0.5) is 0 Å². The molecule has 1 amide bonds. The Balaban J connectivity index is 1.24. The lowest BCUT2D eigenvalue weighted by Crippen LogP contribution is -2.62. The van der Waals surface area contributed by atoms with Crippen LogP contribution < -0.4 is 20.1 Å². The van der Waals surface area contributed by atoms with Crippen LogP contribution in [0, 0.1) is 5.41 Å². The van der Waals surface area contributed by atoms with Crippen LogP contribution in [0.25, 0.3) is 11.5 Å². The van der Waals surface area contributed by atoms with E-state index in [1.54, 1.807) is 12.1 Å².